The number of hydrogen-bond donors (Lipinski definition) is 0. The minimum Gasteiger partial charge on any atom is -0.458 e. The van der Waals surface area contributed by atoms with Crippen LogP contribution in [0.4, 0.5) is 34.1 Å². The number of nitrogens with zero attached hydrogens (tertiary/aromatic N) is 5. The Morgan fingerprint density at radius 3 is 1.59 bits per heavy atom. The van der Waals surface area contributed by atoms with Gasteiger partial charge in [-0.25, -0.2) is 0 Å². The number of rotatable bonds is 2. The van der Waals surface area contributed by atoms with Crippen LogP contribution in [0.2, 0.25) is 0 Å². The Bertz CT molecular complexity index is 1490. The lowest BCUT2D eigenvalue weighted by atomic mass is 9.32. The fourth-order valence-corrected chi connectivity index (χ4v) is 5.65. The normalized spacial score (nSPS) is 13.9. The summed E-state index contributed by atoms with van der Waals surface area (Å²) in [6.45, 7) is 0.0555. The van der Waals surface area contributed by atoms with Crippen molar-refractivity contribution in [1.29, 1.82) is 0 Å². The standard InChI is InChI=1S/C27H16BN5O/c1-7-19-26-23(9-1)34-24-10-2-8-20-27(24)28(26)25-21(32(19)17-5-3-11-29-13-17)15-31-16-22(25)33(20)18-6-4-12-30-14-18/h1-16H. The molecule has 2 aromatic carbocycles. The van der Waals surface area contributed by atoms with Crippen LogP contribution in [0.15, 0.2) is 97.8 Å². The summed E-state index contributed by atoms with van der Waals surface area (Å²) in [5, 5.41) is 0. The van der Waals surface area contributed by atoms with Crippen molar-refractivity contribution in [1.82, 2.24) is 15.0 Å². The van der Waals surface area contributed by atoms with Crippen LogP contribution in [0.5, 0.6) is 11.5 Å². The topological polar surface area (TPSA) is 54.4 Å². The van der Waals surface area contributed by atoms with Gasteiger partial charge in [-0.05, 0) is 64.9 Å². The first kappa shape index (κ1) is 17.9. The number of anilines is 6. The van der Waals surface area contributed by atoms with Gasteiger partial charge in [0.05, 0.1) is 47.5 Å². The number of pyridine rings is 3. The molecule has 0 unspecified atom stereocenters. The van der Waals surface area contributed by atoms with Crippen molar-refractivity contribution in [2.24, 2.45) is 0 Å². The van der Waals surface area contributed by atoms with Crippen LogP contribution >= 0.6 is 0 Å². The molecular weight excluding hydrogens is 421 g/mol. The van der Waals surface area contributed by atoms with Crippen molar-refractivity contribution >= 4 is 57.2 Å². The van der Waals surface area contributed by atoms with E-state index in [4.69, 9.17) is 9.72 Å². The summed E-state index contributed by atoms with van der Waals surface area (Å²) >= 11 is 0. The Morgan fingerprint density at radius 1 is 0.529 bits per heavy atom. The average Bonchev–Trinajstić information content (AvgIpc) is 2.90. The van der Waals surface area contributed by atoms with Gasteiger partial charge in [-0.3, -0.25) is 15.0 Å². The van der Waals surface area contributed by atoms with Gasteiger partial charge in [0.25, 0.3) is 6.71 Å². The van der Waals surface area contributed by atoms with Crippen LogP contribution in [0.1, 0.15) is 0 Å². The summed E-state index contributed by atoms with van der Waals surface area (Å²) in [4.78, 5) is 18.0. The van der Waals surface area contributed by atoms with Gasteiger partial charge in [-0.1, -0.05) is 12.1 Å². The number of aromatic nitrogens is 3. The van der Waals surface area contributed by atoms with Crippen LogP contribution < -0.4 is 30.9 Å². The van der Waals surface area contributed by atoms with Crippen molar-refractivity contribution in [2.45, 2.75) is 0 Å². The van der Waals surface area contributed by atoms with E-state index in [0.29, 0.717) is 0 Å². The molecule has 3 aromatic heterocycles. The molecule has 7 heteroatoms. The summed E-state index contributed by atoms with van der Waals surface area (Å²) < 4.78 is 6.52. The summed E-state index contributed by atoms with van der Waals surface area (Å²) in [6, 6.07) is 20.6. The molecule has 0 aliphatic carbocycles. The number of hydrogen-bond acceptors (Lipinski definition) is 6. The number of benzene rings is 2. The van der Waals surface area contributed by atoms with Gasteiger partial charge in [-0.2, -0.15) is 0 Å². The molecule has 0 atom stereocenters. The van der Waals surface area contributed by atoms with E-state index in [9.17, 15) is 0 Å². The van der Waals surface area contributed by atoms with E-state index in [1.807, 2.05) is 36.9 Å². The third kappa shape index (κ3) is 2.18. The molecule has 6 heterocycles. The van der Waals surface area contributed by atoms with Gasteiger partial charge in [0.1, 0.15) is 11.5 Å². The third-order valence-electron chi connectivity index (χ3n) is 6.89. The minimum atomic E-state index is 0.0555. The third-order valence-corrected chi connectivity index (χ3v) is 6.89. The van der Waals surface area contributed by atoms with E-state index in [1.165, 1.54) is 16.4 Å². The Labute approximate surface area is 196 Å². The first-order chi connectivity index (χ1) is 16.9. The highest BCUT2D eigenvalue weighted by molar-refractivity contribution is 7.01. The summed E-state index contributed by atoms with van der Waals surface area (Å²) in [7, 11) is 0. The van der Waals surface area contributed by atoms with Crippen LogP contribution in [0, 0.1) is 0 Å². The Kier molecular flexibility index (Phi) is 3.39. The van der Waals surface area contributed by atoms with Crippen LogP contribution in [-0.2, 0) is 0 Å². The predicted molar refractivity (Wildman–Crippen MR) is 134 cm³/mol. The second kappa shape index (κ2) is 6.45. The lowest BCUT2D eigenvalue weighted by Crippen LogP contribution is -2.63. The van der Waals surface area contributed by atoms with E-state index in [0.717, 1.165) is 45.6 Å². The first-order valence-electron chi connectivity index (χ1n) is 11.2. The Hall–Kier alpha value is -4.65. The van der Waals surface area contributed by atoms with E-state index >= 15 is 0 Å². The Morgan fingerprint density at radius 2 is 1.09 bits per heavy atom. The smallest absolute Gasteiger partial charge is 0.262 e. The van der Waals surface area contributed by atoms with Gasteiger partial charge in [-0.15, -0.1) is 0 Å². The van der Waals surface area contributed by atoms with E-state index < -0.39 is 0 Å². The van der Waals surface area contributed by atoms with Crippen molar-refractivity contribution < 1.29 is 4.74 Å². The van der Waals surface area contributed by atoms with Crippen molar-refractivity contribution in [3.8, 4) is 11.5 Å². The molecule has 0 amide bonds. The van der Waals surface area contributed by atoms with Gasteiger partial charge in [0.15, 0.2) is 0 Å². The molecule has 0 fully saturated rings. The average molecular weight is 437 g/mol. The van der Waals surface area contributed by atoms with Gasteiger partial charge in [0.2, 0.25) is 0 Å². The summed E-state index contributed by atoms with van der Waals surface area (Å²) in [5.74, 6) is 1.79. The SMILES string of the molecule is c1cncc(N2c3cccc4c3B3c5c(cccc5N(c5cccnc5)c5cncc2c53)O4)c1. The van der Waals surface area contributed by atoms with E-state index in [2.05, 4.69) is 68.3 Å². The highest BCUT2D eigenvalue weighted by Gasteiger charge is 2.48. The zero-order valence-electron chi connectivity index (χ0n) is 18.0. The predicted octanol–water partition coefficient (Wildman–Crippen LogP) is 4.06. The molecule has 158 valence electrons. The maximum atomic E-state index is 6.52. The van der Waals surface area contributed by atoms with Crippen LogP contribution in [0.25, 0.3) is 0 Å². The molecule has 0 spiro atoms. The Balaban J connectivity index is 1.52. The van der Waals surface area contributed by atoms with Crippen molar-refractivity contribution in [2.75, 3.05) is 9.80 Å². The molecule has 8 rings (SSSR count). The molecule has 0 radical (unpaired) electrons. The molecule has 0 saturated heterocycles. The van der Waals surface area contributed by atoms with Gasteiger partial charge < -0.3 is 14.5 Å². The molecule has 0 saturated carbocycles. The highest BCUT2D eigenvalue weighted by Crippen LogP contribution is 2.46. The molecule has 3 aliphatic heterocycles. The monoisotopic (exact) mass is 437 g/mol. The summed E-state index contributed by atoms with van der Waals surface area (Å²) in [6.07, 6.45) is 11.3. The largest absolute Gasteiger partial charge is 0.458 e. The number of ether oxygens (including phenoxy) is 1. The fourth-order valence-electron chi connectivity index (χ4n) is 5.65. The fraction of sp³-hybridized carbons (Fsp3) is 0. The zero-order valence-corrected chi connectivity index (χ0v) is 18.0. The molecule has 0 N–H and O–H groups in total. The maximum Gasteiger partial charge on any atom is 0.262 e. The second-order valence-electron chi connectivity index (χ2n) is 8.60. The summed E-state index contributed by atoms with van der Waals surface area (Å²) in [5.41, 5.74) is 9.84. The zero-order chi connectivity index (χ0) is 22.2. The van der Waals surface area contributed by atoms with Crippen molar-refractivity contribution in [3.05, 3.63) is 97.8 Å². The molecule has 6 nitrogen and oxygen atoms in total. The van der Waals surface area contributed by atoms with E-state index in [-0.39, 0.29) is 6.71 Å². The van der Waals surface area contributed by atoms with Gasteiger partial charge >= 0.3 is 0 Å². The molecule has 5 aromatic rings. The molecule has 3 aliphatic rings. The lowest BCUT2D eigenvalue weighted by Gasteiger charge is -2.45. The van der Waals surface area contributed by atoms with Crippen LogP contribution in [0.3, 0.4) is 0 Å². The van der Waals surface area contributed by atoms with Crippen molar-refractivity contribution in [3.63, 3.8) is 0 Å². The minimum absolute atomic E-state index is 0.0555. The highest BCUT2D eigenvalue weighted by atomic mass is 16.5. The van der Waals surface area contributed by atoms with Gasteiger partial charge in [0, 0.05) is 23.8 Å². The molecule has 0 bridgehead atoms. The second-order valence-corrected chi connectivity index (χ2v) is 8.60. The maximum absolute atomic E-state index is 6.52. The molecule has 34 heavy (non-hydrogen) atoms. The van der Waals surface area contributed by atoms with E-state index in [1.54, 1.807) is 12.4 Å². The molecular formula is C27H16BN5O. The first-order valence-corrected chi connectivity index (χ1v) is 11.2. The van der Waals surface area contributed by atoms with Crippen LogP contribution in [-0.4, -0.2) is 21.7 Å². The quantitative estimate of drug-likeness (QED) is 0.381. The lowest BCUT2D eigenvalue weighted by molar-refractivity contribution is 0.487.